The van der Waals surface area contributed by atoms with Crippen molar-refractivity contribution < 1.29 is 0 Å². The Bertz CT molecular complexity index is 955. The normalized spacial score (nSPS) is 11.1. The Balaban J connectivity index is 1.56. The molecule has 0 atom stereocenters. The van der Waals surface area contributed by atoms with E-state index >= 15 is 0 Å². The molecule has 2 aromatic carbocycles. The van der Waals surface area contributed by atoms with E-state index in [-0.39, 0.29) is 0 Å². The highest BCUT2D eigenvalue weighted by atomic mass is 32.1. The molecule has 0 aliphatic rings. The van der Waals surface area contributed by atoms with Crippen molar-refractivity contribution in [2.75, 3.05) is 5.32 Å². The van der Waals surface area contributed by atoms with Crippen molar-refractivity contribution in [2.24, 2.45) is 5.10 Å². The Morgan fingerprint density at radius 2 is 1.89 bits per heavy atom. The molecule has 144 valence electrons. The summed E-state index contributed by atoms with van der Waals surface area (Å²) in [5, 5.41) is 7.89. The molecule has 0 fully saturated rings. The number of aromatic nitrogens is 1. The zero-order valence-corrected chi connectivity index (χ0v) is 17.3. The van der Waals surface area contributed by atoms with Gasteiger partial charge in [0.25, 0.3) is 0 Å². The van der Waals surface area contributed by atoms with E-state index < -0.39 is 0 Å². The molecule has 5 heteroatoms. The van der Waals surface area contributed by atoms with E-state index in [1.165, 1.54) is 16.7 Å². The molecule has 0 unspecified atom stereocenters. The maximum absolute atomic E-state index is 5.32. The predicted molar refractivity (Wildman–Crippen MR) is 122 cm³/mol. The van der Waals surface area contributed by atoms with E-state index in [1.807, 2.05) is 24.3 Å². The Kier molecular flexibility index (Phi) is 6.61. The molecule has 0 saturated carbocycles. The third kappa shape index (κ3) is 5.54. The van der Waals surface area contributed by atoms with Crippen molar-refractivity contribution in [3.05, 3.63) is 89.2 Å². The minimum atomic E-state index is 0.463. The molecule has 3 aromatic rings. The second kappa shape index (κ2) is 9.33. The molecule has 1 aromatic heterocycles. The fourth-order valence-corrected chi connectivity index (χ4v) is 3.13. The number of benzene rings is 2. The van der Waals surface area contributed by atoms with Crippen molar-refractivity contribution in [2.45, 2.75) is 33.2 Å². The van der Waals surface area contributed by atoms with Gasteiger partial charge in [0.1, 0.15) is 0 Å². The van der Waals surface area contributed by atoms with E-state index in [0.717, 1.165) is 17.9 Å². The summed E-state index contributed by atoms with van der Waals surface area (Å²) in [6, 6.07) is 20.8. The van der Waals surface area contributed by atoms with Gasteiger partial charge in [0, 0.05) is 18.4 Å². The largest absolute Gasteiger partial charge is 0.342 e. The summed E-state index contributed by atoms with van der Waals surface area (Å²) in [6.07, 6.45) is 3.84. The zero-order chi connectivity index (χ0) is 19.9. The Morgan fingerprint density at radius 3 is 2.61 bits per heavy atom. The average Bonchev–Trinajstić information content (AvgIpc) is 3.09. The molecule has 3 rings (SSSR count). The molecular weight excluding hydrogens is 364 g/mol. The highest BCUT2D eigenvalue weighted by molar-refractivity contribution is 7.80. The first-order valence-electron chi connectivity index (χ1n) is 9.42. The van der Waals surface area contributed by atoms with E-state index in [1.54, 1.807) is 6.21 Å². The van der Waals surface area contributed by atoms with Crippen LogP contribution in [0.15, 0.2) is 72.0 Å². The summed E-state index contributed by atoms with van der Waals surface area (Å²) in [4.78, 5) is 0. The molecule has 0 bridgehead atoms. The van der Waals surface area contributed by atoms with Gasteiger partial charge in [0.2, 0.25) is 0 Å². The minimum Gasteiger partial charge on any atom is -0.342 e. The minimum absolute atomic E-state index is 0.463. The van der Waals surface area contributed by atoms with Gasteiger partial charge in [-0.1, -0.05) is 55.8 Å². The van der Waals surface area contributed by atoms with Crippen molar-refractivity contribution in [3.63, 3.8) is 0 Å². The number of hydrogen-bond donors (Lipinski definition) is 2. The van der Waals surface area contributed by atoms with Crippen LogP contribution in [0.1, 0.15) is 42.1 Å². The van der Waals surface area contributed by atoms with E-state index in [0.29, 0.717) is 11.0 Å². The average molecular weight is 391 g/mol. The molecule has 0 aliphatic carbocycles. The first-order valence-corrected chi connectivity index (χ1v) is 9.83. The van der Waals surface area contributed by atoms with Crippen molar-refractivity contribution in [1.82, 2.24) is 9.99 Å². The Morgan fingerprint density at radius 1 is 1.11 bits per heavy atom. The van der Waals surface area contributed by atoms with Crippen LogP contribution in [0.2, 0.25) is 0 Å². The van der Waals surface area contributed by atoms with Crippen molar-refractivity contribution in [3.8, 4) is 0 Å². The molecule has 4 nitrogen and oxygen atoms in total. The maximum Gasteiger partial charge on any atom is 0.191 e. The van der Waals surface area contributed by atoms with E-state index in [2.05, 4.69) is 83.8 Å². The quantitative estimate of drug-likeness (QED) is 0.341. The van der Waals surface area contributed by atoms with E-state index in [4.69, 9.17) is 12.2 Å². The van der Waals surface area contributed by atoms with Gasteiger partial charge >= 0.3 is 0 Å². The number of aryl methyl sites for hydroxylation is 1. The van der Waals surface area contributed by atoms with Crippen LogP contribution < -0.4 is 10.7 Å². The third-order valence-electron chi connectivity index (χ3n) is 4.50. The van der Waals surface area contributed by atoms with Crippen LogP contribution in [0.25, 0.3) is 0 Å². The monoisotopic (exact) mass is 390 g/mol. The predicted octanol–water partition coefficient (Wildman–Crippen LogP) is 5.29. The summed E-state index contributed by atoms with van der Waals surface area (Å²) < 4.78 is 2.15. The molecule has 0 radical (unpaired) electrons. The molecule has 0 amide bonds. The SMILES string of the molecule is Cc1cccc(Cn2cccc2/C=N\NC(=S)Nc2ccc(C(C)C)cc2)c1. The summed E-state index contributed by atoms with van der Waals surface area (Å²) >= 11 is 5.32. The van der Waals surface area contributed by atoms with Gasteiger partial charge in [0.05, 0.1) is 11.9 Å². The Labute approximate surface area is 172 Å². The van der Waals surface area contributed by atoms with Crippen LogP contribution >= 0.6 is 12.2 Å². The van der Waals surface area contributed by atoms with Crippen molar-refractivity contribution in [1.29, 1.82) is 0 Å². The lowest BCUT2D eigenvalue weighted by atomic mass is 10.0. The van der Waals surface area contributed by atoms with Crippen LogP contribution in [0.4, 0.5) is 5.69 Å². The number of thiocarbonyl (C=S) groups is 1. The standard InChI is InChI=1S/C23H26N4S/c1-17(2)20-9-11-21(12-10-20)25-23(28)26-24-15-22-8-5-13-27(22)16-19-7-4-6-18(3)14-19/h4-15,17H,16H2,1-3H3,(H2,25,26,28)/b24-15-. The van der Waals surface area contributed by atoms with Gasteiger partial charge in [-0.25, -0.2) is 0 Å². The Hall–Kier alpha value is -2.92. The fraction of sp³-hybridized carbons (Fsp3) is 0.217. The van der Waals surface area contributed by atoms with Gasteiger partial charge in [-0.2, -0.15) is 5.10 Å². The lowest BCUT2D eigenvalue weighted by molar-refractivity contribution is 0.798. The molecule has 0 aliphatic heterocycles. The van der Waals surface area contributed by atoms with Gasteiger partial charge in [-0.3, -0.25) is 5.43 Å². The highest BCUT2D eigenvalue weighted by Crippen LogP contribution is 2.17. The molecule has 0 spiro atoms. The lowest BCUT2D eigenvalue weighted by Gasteiger charge is -2.10. The van der Waals surface area contributed by atoms with Crippen LogP contribution in [-0.2, 0) is 6.54 Å². The summed E-state index contributed by atoms with van der Waals surface area (Å²) in [7, 11) is 0. The highest BCUT2D eigenvalue weighted by Gasteiger charge is 2.02. The maximum atomic E-state index is 5.32. The van der Waals surface area contributed by atoms with Gasteiger partial charge < -0.3 is 9.88 Å². The van der Waals surface area contributed by atoms with Crippen LogP contribution in [0.3, 0.4) is 0 Å². The molecule has 2 N–H and O–H groups in total. The molecule has 1 heterocycles. The number of hydrogen-bond acceptors (Lipinski definition) is 2. The van der Waals surface area contributed by atoms with Crippen LogP contribution in [-0.4, -0.2) is 15.9 Å². The summed E-state index contributed by atoms with van der Waals surface area (Å²) in [6.45, 7) is 7.27. The number of rotatable bonds is 6. The first-order chi connectivity index (χ1) is 13.5. The van der Waals surface area contributed by atoms with Gasteiger partial charge in [0.15, 0.2) is 5.11 Å². The molecular formula is C23H26N4S. The zero-order valence-electron chi connectivity index (χ0n) is 16.5. The fourth-order valence-electron chi connectivity index (χ4n) is 2.96. The number of nitrogens with zero attached hydrogens (tertiary/aromatic N) is 2. The number of nitrogens with one attached hydrogen (secondary N) is 2. The number of anilines is 1. The van der Waals surface area contributed by atoms with E-state index in [9.17, 15) is 0 Å². The molecule has 0 saturated heterocycles. The van der Waals surface area contributed by atoms with Crippen LogP contribution in [0.5, 0.6) is 0 Å². The second-order valence-electron chi connectivity index (χ2n) is 7.15. The number of hydrazone groups is 1. The summed E-state index contributed by atoms with van der Waals surface area (Å²) in [5.74, 6) is 0.514. The lowest BCUT2D eigenvalue weighted by Crippen LogP contribution is -2.24. The summed E-state index contributed by atoms with van der Waals surface area (Å²) in [5.41, 5.74) is 8.67. The third-order valence-corrected chi connectivity index (χ3v) is 4.69. The second-order valence-corrected chi connectivity index (χ2v) is 7.56. The molecule has 28 heavy (non-hydrogen) atoms. The van der Waals surface area contributed by atoms with Crippen molar-refractivity contribution >= 4 is 29.2 Å². The topological polar surface area (TPSA) is 41.4 Å². The van der Waals surface area contributed by atoms with Crippen LogP contribution in [0, 0.1) is 6.92 Å². The first kappa shape index (κ1) is 19.8. The smallest absolute Gasteiger partial charge is 0.191 e. The van der Waals surface area contributed by atoms with Gasteiger partial charge in [-0.05, 0) is 60.5 Å². The van der Waals surface area contributed by atoms with Gasteiger partial charge in [-0.15, -0.1) is 0 Å².